The van der Waals surface area contributed by atoms with Crippen LogP contribution in [-0.2, 0) is 0 Å². The second-order valence-electron chi connectivity index (χ2n) is 7.49. The van der Waals surface area contributed by atoms with Crippen LogP contribution < -0.4 is 10.6 Å². The van der Waals surface area contributed by atoms with Crippen molar-refractivity contribution < 1.29 is 0 Å². The molecule has 1 aliphatic heterocycles. The first-order valence-electron chi connectivity index (χ1n) is 9.36. The summed E-state index contributed by atoms with van der Waals surface area (Å²) in [5.41, 5.74) is 0. The average Bonchev–Trinajstić information content (AvgIpc) is 2.47. The van der Waals surface area contributed by atoms with Crippen molar-refractivity contribution in [2.24, 2.45) is 10.9 Å². The second-order valence-corrected chi connectivity index (χ2v) is 7.49. The maximum Gasteiger partial charge on any atom is 0.191 e. The molecule has 0 aliphatic carbocycles. The van der Waals surface area contributed by atoms with Gasteiger partial charge in [-0.1, -0.05) is 26.7 Å². The molecule has 0 aromatic heterocycles. The van der Waals surface area contributed by atoms with Crippen LogP contribution in [0.1, 0.15) is 47.0 Å². The molecule has 0 amide bonds. The van der Waals surface area contributed by atoms with Crippen LogP contribution in [0.5, 0.6) is 0 Å². The zero-order chi connectivity index (χ0) is 17.2. The molecule has 2 unspecified atom stereocenters. The van der Waals surface area contributed by atoms with Gasteiger partial charge in [-0.2, -0.15) is 0 Å². The predicted molar refractivity (Wildman–Crippen MR) is 101 cm³/mol. The Balaban J connectivity index is 2.45. The summed E-state index contributed by atoms with van der Waals surface area (Å²) < 4.78 is 0. The number of guanidine groups is 1. The van der Waals surface area contributed by atoms with E-state index in [1.807, 2.05) is 0 Å². The van der Waals surface area contributed by atoms with Gasteiger partial charge in [0, 0.05) is 38.3 Å². The molecule has 1 saturated heterocycles. The van der Waals surface area contributed by atoms with E-state index < -0.39 is 0 Å². The molecule has 0 aromatic carbocycles. The minimum atomic E-state index is 0.471. The van der Waals surface area contributed by atoms with Crippen molar-refractivity contribution >= 4 is 5.96 Å². The third-order valence-corrected chi connectivity index (χ3v) is 4.59. The smallest absolute Gasteiger partial charge is 0.191 e. The van der Waals surface area contributed by atoms with Crippen molar-refractivity contribution in [3.05, 3.63) is 0 Å². The summed E-state index contributed by atoms with van der Waals surface area (Å²) in [6.07, 6.45) is 3.79. The van der Waals surface area contributed by atoms with Crippen LogP contribution in [0, 0.1) is 5.92 Å². The molecule has 1 aliphatic rings. The largest absolute Gasteiger partial charge is 0.357 e. The van der Waals surface area contributed by atoms with Crippen molar-refractivity contribution in [1.29, 1.82) is 0 Å². The van der Waals surface area contributed by atoms with Gasteiger partial charge >= 0.3 is 0 Å². The Bertz CT molecular complexity index is 342. The first-order valence-corrected chi connectivity index (χ1v) is 9.36. The van der Waals surface area contributed by atoms with Gasteiger partial charge in [-0.05, 0) is 40.3 Å². The lowest BCUT2D eigenvalue weighted by Gasteiger charge is -2.37. The summed E-state index contributed by atoms with van der Waals surface area (Å²) in [6.45, 7) is 14.1. The van der Waals surface area contributed by atoms with Crippen molar-refractivity contribution in [1.82, 2.24) is 20.4 Å². The molecule has 23 heavy (non-hydrogen) atoms. The van der Waals surface area contributed by atoms with Gasteiger partial charge in [-0.25, -0.2) is 0 Å². The molecule has 5 heteroatoms. The van der Waals surface area contributed by atoms with E-state index in [9.17, 15) is 0 Å². The monoisotopic (exact) mass is 325 g/mol. The lowest BCUT2D eigenvalue weighted by Crippen LogP contribution is -2.52. The van der Waals surface area contributed by atoms with Crippen molar-refractivity contribution in [3.8, 4) is 0 Å². The summed E-state index contributed by atoms with van der Waals surface area (Å²) in [5, 5.41) is 6.95. The molecule has 1 fully saturated rings. The summed E-state index contributed by atoms with van der Waals surface area (Å²) in [7, 11) is 4.41. The van der Waals surface area contributed by atoms with Gasteiger partial charge in [0.25, 0.3) is 0 Å². The number of hydrogen-bond acceptors (Lipinski definition) is 3. The van der Waals surface area contributed by atoms with Crippen LogP contribution >= 0.6 is 0 Å². The van der Waals surface area contributed by atoms with Crippen molar-refractivity contribution in [2.45, 2.75) is 59.0 Å². The van der Waals surface area contributed by atoms with Crippen molar-refractivity contribution in [3.63, 3.8) is 0 Å². The van der Waals surface area contributed by atoms with E-state index in [1.54, 1.807) is 0 Å². The molecule has 2 N–H and O–H groups in total. The third-order valence-electron chi connectivity index (χ3n) is 4.59. The first-order chi connectivity index (χ1) is 10.9. The molecule has 0 bridgehead atoms. The highest BCUT2D eigenvalue weighted by Crippen LogP contribution is 2.08. The fourth-order valence-electron chi connectivity index (χ4n) is 2.95. The standard InChI is InChI=1S/C18H39N5/c1-7-19-18(21-16(4)10-8-9-15(2)3)20-13-17-14-22(5)11-12-23(17)6/h15-17H,7-14H2,1-6H3,(H2,19,20,21). The zero-order valence-corrected chi connectivity index (χ0v) is 16.2. The van der Waals surface area contributed by atoms with Gasteiger partial charge in [0.1, 0.15) is 0 Å². The average molecular weight is 326 g/mol. The van der Waals surface area contributed by atoms with Gasteiger partial charge in [0.15, 0.2) is 5.96 Å². The maximum atomic E-state index is 4.83. The number of hydrogen-bond donors (Lipinski definition) is 2. The highest BCUT2D eigenvalue weighted by Gasteiger charge is 2.21. The molecule has 136 valence electrons. The highest BCUT2D eigenvalue weighted by molar-refractivity contribution is 5.80. The summed E-state index contributed by atoms with van der Waals surface area (Å²) in [5.74, 6) is 1.76. The number of nitrogens with one attached hydrogen (secondary N) is 2. The fraction of sp³-hybridized carbons (Fsp3) is 0.944. The van der Waals surface area contributed by atoms with Crippen LogP contribution in [-0.4, -0.2) is 74.7 Å². The number of piperazine rings is 1. The Morgan fingerprint density at radius 3 is 2.57 bits per heavy atom. The summed E-state index contributed by atoms with van der Waals surface area (Å²) in [4.78, 5) is 9.66. The van der Waals surface area contributed by atoms with Crippen LogP contribution in [0.25, 0.3) is 0 Å². The van der Waals surface area contributed by atoms with Crippen LogP contribution in [0.3, 0.4) is 0 Å². The summed E-state index contributed by atoms with van der Waals surface area (Å²) >= 11 is 0. The van der Waals surface area contributed by atoms with E-state index in [0.29, 0.717) is 12.1 Å². The molecular formula is C18H39N5. The number of likely N-dealkylation sites (N-methyl/N-ethyl adjacent to an activating group) is 2. The Kier molecular flexibility index (Phi) is 9.56. The van der Waals surface area contributed by atoms with Crippen molar-refractivity contribution in [2.75, 3.05) is 46.8 Å². The van der Waals surface area contributed by atoms with Crippen LogP contribution in [0.4, 0.5) is 0 Å². The molecule has 5 nitrogen and oxygen atoms in total. The number of rotatable bonds is 8. The van der Waals surface area contributed by atoms with Gasteiger partial charge < -0.3 is 15.5 Å². The van der Waals surface area contributed by atoms with Crippen LogP contribution in [0.2, 0.25) is 0 Å². The lowest BCUT2D eigenvalue weighted by atomic mass is 10.0. The van der Waals surface area contributed by atoms with E-state index in [-0.39, 0.29) is 0 Å². The molecule has 1 heterocycles. The maximum absolute atomic E-state index is 4.83. The Morgan fingerprint density at radius 2 is 1.91 bits per heavy atom. The SMILES string of the molecule is CCNC(=NCC1CN(C)CCN1C)NC(C)CCCC(C)C. The van der Waals surface area contributed by atoms with E-state index in [1.165, 1.54) is 19.3 Å². The van der Waals surface area contributed by atoms with E-state index in [2.05, 4.69) is 62.2 Å². The van der Waals surface area contributed by atoms with Gasteiger partial charge in [-0.3, -0.25) is 9.89 Å². The normalized spacial score (nSPS) is 22.4. The minimum absolute atomic E-state index is 0.471. The molecule has 0 radical (unpaired) electrons. The Hall–Kier alpha value is -0.810. The number of nitrogens with zero attached hydrogens (tertiary/aromatic N) is 3. The van der Waals surface area contributed by atoms with Gasteiger partial charge in [0.05, 0.1) is 6.54 Å². The van der Waals surface area contributed by atoms with E-state index >= 15 is 0 Å². The molecule has 0 spiro atoms. The van der Waals surface area contributed by atoms with E-state index in [0.717, 1.165) is 44.6 Å². The lowest BCUT2D eigenvalue weighted by molar-refractivity contribution is 0.119. The summed E-state index contributed by atoms with van der Waals surface area (Å²) in [6, 6.07) is 0.985. The molecule has 0 saturated carbocycles. The number of aliphatic imine (C=N–C) groups is 1. The highest BCUT2D eigenvalue weighted by atomic mass is 15.3. The van der Waals surface area contributed by atoms with Gasteiger partial charge in [-0.15, -0.1) is 0 Å². The Morgan fingerprint density at radius 1 is 1.17 bits per heavy atom. The molecule has 2 atom stereocenters. The zero-order valence-electron chi connectivity index (χ0n) is 16.2. The van der Waals surface area contributed by atoms with E-state index in [4.69, 9.17) is 4.99 Å². The minimum Gasteiger partial charge on any atom is -0.357 e. The third kappa shape index (κ3) is 8.56. The molecular weight excluding hydrogens is 286 g/mol. The second kappa shape index (κ2) is 10.9. The fourth-order valence-corrected chi connectivity index (χ4v) is 2.95. The molecule has 0 aromatic rings. The Labute approximate surface area is 143 Å². The topological polar surface area (TPSA) is 42.9 Å². The first kappa shape index (κ1) is 20.2. The predicted octanol–water partition coefficient (Wildman–Crippen LogP) is 2.00. The van der Waals surface area contributed by atoms with Gasteiger partial charge in [0.2, 0.25) is 0 Å². The van der Waals surface area contributed by atoms with Crippen LogP contribution in [0.15, 0.2) is 4.99 Å². The molecule has 1 rings (SSSR count). The quantitative estimate of drug-likeness (QED) is 0.529.